The molecule has 0 spiro atoms. The van der Waals surface area contributed by atoms with E-state index in [4.69, 9.17) is 9.47 Å². The maximum absolute atomic E-state index is 12.9. The van der Waals surface area contributed by atoms with Gasteiger partial charge in [-0.05, 0) is 38.4 Å². The van der Waals surface area contributed by atoms with Gasteiger partial charge in [0.1, 0.15) is 11.5 Å². The van der Waals surface area contributed by atoms with Gasteiger partial charge in [-0.25, -0.2) is 4.98 Å². The van der Waals surface area contributed by atoms with Crippen LogP contribution in [0.1, 0.15) is 6.42 Å². The highest BCUT2D eigenvalue weighted by atomic mass is 35.5. The van der Waals surface area contributed by atoms with Gasteiger partial charge in [0.05, 0.1) is 30.4 Å². The van der Waals surface area contributed by atoms with E-state index < -0.39 is 0 Å². The minimum absolute atomic E-state index is 0. The van der Waals surface area contributed by atoms with Crippen molar-refractivity contribution in [3.05, 3.63) is 48.5 Å². The van der Waals surface area contributed by atoms with Crippen LogP contribution < -0.4 is 14.4 Å². The van der Waals surface area contributed by atoms with Gasteiger partial charge >= 0.3 is 0 Å². The van der Waals surface area contributed by atoms with Crippen LogP contribution in [-0.2, 0) is 4.79 Å². The van der Waals surface area contributed by atoms with E-state index >= 15 is 0 Å². The van der Waals surface area contributed by atoms with Crippen LogP contribution in [0.2, 0.25) is 0 Å². The van der Waals surface area contributed by atoms with Gasteiger partial charge in [0.25, 0.3) is 0 Å². The molecule has 0 aliphatic heterocycles. The molecule has 0 aliphatic rings. The van der Waals surface area contributed by atoms with Crippen molar-refractivity contribution in [3.8, 4) is 11.5 Å². The maximum atomic E-state index is 12.9. The number of ether oxygens (including phenoxy) is 2. The molecule has 156 valence electrons. The molecule has 1 aromatic heterocycles. The smallest absolute Gasteiger partial charge is 0.232 e. The number of rotatable bonds is 9. The van der Waals surface area contributed by atoms with E-state index in [0.717, 1.165) is 28.3 Å². The second kappa shape index (κ2) is 11.0. The van der Waals surface area contributed by atoms with Crippen molar-refractivity contribution < 1.29 is 14.3 Å². The minimum Gasteiger partial charge on any atom is -0.497 e. The van der Waals surface area contributed by atoms with E-state index in [1.165, 1.54) is 11.3 Å². The summed E-state index contributed by atoms with van der Waals surface area (Å²) in [4.78, 5) is 21.4. The first-order valence-corrected chi connectivity index (χ1v) is 9.96. The monoisotopic (exact) mass is 435 g/mol. The lowest BCUT2D eigenvalue weighted by molar-refractivity contribution is -0.119. The summed E-state index contributed by atoms with van der Waals surface area (Å²) < 4.78 is 12.0. The lowest BCUT2D eigenvalue weighted by atomic mass is 10.3. The number of halogens is 1. The van der Waals surface area contributed by atoms with Crippen LogP contribution in [0.15, 0.2) is 48.5 Å². The highest BCUT2D eigenvalue weighted by Crippen LogP contribution is 2.31. The minimum atomic E-state index is 0. The van der Waals surface area contributed by atoms with E-state index in [-0.39, 0.29) is 18.3 Å². The number of aromatic nitrogens is 1. The van der Waals surface area contributed by atoms with Crippen LogP contribution in [0.5, 0.6) is 11.5 Å². The van der Waals surface area contributed by atoms with Gasteiger partial charge in [-0.1, -0.05) is 29.5 Å². The van der Waals surface area contributed by atoms with Crippen LogP contribution >= 0.6 is 23.7 Å². The third-order valence-electron chi connectivity index (χ3n) is 4.21. The number of amides is 1. The molecule has 1 amide bonds. The Balaban J connectivity index is 0.00000300. The topological polar surface area (TPSA) is 54.9 Å². The molecule has 1 heterocycles. The molecular formula is C21H26ClN3O3S. The zero-order chi connectivity index (χ0) is 19.9. The summed E-state index contributed by atoms with van der Waals surface area (Å²) in [7, 11) is 5.61. The third-order valence-corrected chi connectivity index (χ3v) is 5.27. The lowest BCUT2D eigenvalue weighted by Gasteiger charge is -2.22. The maximum Gasteiger partial charge on any atom is 0.232 e. The molecule has 0 bridgehead atoms. The van der Waals surface area contributed by atoms with Gasteiger partial charge in [0.15, 0.2) is 5.13 Å². The number of hydrogen-bond acceptors (Lipinski definition) is 6. The molecule has 3 aromatic rings. The Labute approximate surface area is 181 Å². The molecule has 0 saturated heterocycles. The summed E-state index contributed by atoms with van der Waals surface area (Å²) >= 11 is 1.51. The summed E-state index contributed by atoms with van der Waals surface area (Å²) in [5, 5.41) is 0.704. The number of carbonyl (C=O) groups excluding carboxylic acids is 1. The van der Waals surface area contributed by atoms with Crippen molar-refractivity contribution in [2.75, 3.05) is 45.8 Å². The van der Waals surface area contributed by atoms with E-state index in [2.05, 4.69) is 9.88 Å². The molecule has 0 N–H and O–H groups in total. The van der Waals surface area contributed by atoms with Crippen LogP contribution in [0.3, 0.4) is 0 Å². The molecule has 8 heteroatoms. The summed E-state index contributed by atoms with van der Waals surface area (Å²) in [5.41, 5.74) is 0.836. The number of likely N-dealkylation sites (N-methyl/N-ethyl adjacent to an activating group) is 1. The Hall–Kier alpha value is -2.35. The zero-order valence-corrected chi connectivity index (χ0v) is 18.5. The van der Waals surface area contributed by atoms with Crippen molar-refractivity contribution in [3.63, 3.8) is 0 Å². The Morgan fingerprint density at radius 3 is 2.52 bits per heavy atom. The first-order valence-electron chi connectivity index (χ1n) is 9.14. The number of methoxy groups -OCH3 is 1. The summed E-state index contributed by atoms with van der Waals surface area (Å²) in [6.07, 6.45) is 0.293. The number of carbonyl (C=O) groups is 1. The molecule has 6 nitrogen and oxygen atoms in total. The highest BCUT2D eigenvalue weighted by Gasteiger charge is 2.20. The van der Waals surface area contributed by atoms with Gasteiger partial charge in [-0.3, -0.25) is 9.69 Å². The number of benzene rings is 2. The Bertz CT molecular complexity index is 918. The van der Waals surface area contributed by atoms with Crippen molar-refractivity contribution in [1.29, 1.82) is 0 Å². The first-order chi connectivity index (χ1) is 13.6. The summed E-state index contributed by atoms with van der Waals surface area (Å²) in [6, 6.07) is 15.3. The van der Waals surface area contributed by atoms with E-state index in [1.807, 2.05) is 62.6 Å². The molecule has 0 radical (unpaired) electrons. The molecule has 29 heavy (non-hydrogen) atoms. The van der Waals surface area contributed by atoms with Crippen LogP contribution in [0.25, 0.3) is 10.2 Å². The number of anilines is 1. The number of fused-ring (bicyclic) bond motifs is 1. The fourth-order valence-corrected chi connectivity index (χ4v) is 3.66. The van der Waals surface area contributed by atoms with Gasteiger partial charge in [-0.15, -0.1) is 12.4 Å². The van der Waals surface area contributed by atoms with Gasteiger partial charge in [0.2, 0.25) is 5.91 Å². The van der Waals surface area contributed by atoms with Gasteiger partial charge < -0.3 is 14.4 Å². The van der Waals surface area contributed by atoms with E-state index in [9.17, 15) is 4.79 Å². The average molecular weight is 436 g/mol. The molecule has 3 rings (SSSR count). The fraction of sp³-hybridized carbons (Fsp3) is 0.333. The van der Waals surface area contributed by atoms with Gasteiger partial charge in [-0.2, -0.15) is 0 Å². The number of nitrogens with zero attached hydrogens (tertiary/aromatic N) is 3. The molecule has 0 atom stereocenters. The lowest BCUT2D eigenvalue weighted by Crippen LogP contribution is -2.37. The van der Waals surface area contributed by atoms with Crippen LogP contribution in [0.4, 0.5) is 5.13 Å². The molecule has 0 saturated carbocycles. The van der Waals surface area contributed by atoms with Crippen LogP contribution in [-0.4, -0.2) is 56.7 Å². The number of para-hydroxylation sites is 1. The quantitative estimate of drug-likeness (QED) is 0.506. The molecule has 0 unspecified atom stereocenters. The highest BCUT2D eigenvalue weighted by molar-refractivity contribution is 7.22. The molecule has 0 fully saturated rings. The van der Waals surface area contributed by atoms with Crippen molar-refractivity contribution in [2.45, 2.75) is 6.42 Å². The largest absolute Gasteiger partial charge is 0.497 e. The fourth-order valence-electron chi connectivity index (χ4n) is 2.67. The first kappa shape index (κ1) is 22.9. The number of thiazole rings is 1. The summed E-state index contributed by atoms with van der Waals surface area (Å²) in [5.74, 6) is 1.53. The predicted molar refractivity (Wildman–Crippen MR) is 121 cm³/mol. The second-order valence-corrected chi connectivity index (χ2v) is 7.60. The van der Waals surface area contributed by atoms with Gasteiger partial charge in [0, 0.05) is 19.2 Å². The predicted octanol–water partition coefficient (Wildman–Crippen LogP) is 4.09. The Morgan fingerprint density at radius 1 is 1.07 bits per heavy atom. The van der Waals surface area contributed by atoms with Crippen molar-refractivity contribution >= 4 is 45.0 Å². The third kappa shape index (κ3) is 6.32. The second-order valence-electron chi connectivity index (χ2n) is 6.59. The van der Waals surface area contributed by atoms with Crippen molar-refractivity contribution in [1.82, 2.24) is 9.88 Å². The Morgan fingerprint density at radius 2 is 1.83 bits per heavy atom. The molecule has 0 aliphatic carbocycles. The summed E-state index contributed by atoms with van der Waals surface area (Å²) in [6.45, 7) is 1.67. The van der Waals surface area contributed by atoms with E-state index in [1.54, 1.807) is 12.0 Å². The SMILES string of the molecule is COc1ccc2sc(N(CCN(C)C)C(=O)CCOc3ccccc3)nc2c1.Cl. The van der Waals surface area contributed by atoms with E-state index in [0.29, 0.717) is 24.7 Å². The number of hydrogen-bond donors (Lipinski definition) is 0. The average Bonchev–Trinajstić information content (AvgIpc) is 3.11. The molecular weight excluding hydrogens is 410 g/mol. The van der Waals surface area contributed by atoms with Crippen LogP contribution in [0, 0.1) is 0 Å². The zero-order valence-electron chi connectivity index (χ0n) is 16.8. The standard InChI is InChI=1S/C21H25N3O3S.ClH/c1-23(2)12-13-24(20(25)11-14-27-16-7-5-4-6-8-16)21-22-18-15-17(26-3)9-10-19(18)28-21;/h4-10,15H,11-14H2,1-3H3;1H. The Kier molecular flexibility index (Phi) is 8.70. The molecule has 2 aromatic carbocycles. The van der Waals surface area contributed by atoms with Crippen molar-refractivity contribution in [2.24, 2.45) is 0 Å². The normalized spacial score (nSPS) is 10.6.